The van der Waals surface area contributed by atoms with E-state index < -0.39 is 0 Å². The fraction of sp³-hybridized carbons (Fsp3) is 0.455. The Hall–Kier alpha value is -2.11. The number of hydrogen-bond donors (Lipinski definition) is 1. The third-order valence-electron chi connectivity index (χ3n) is 4.17. The molecule has 0 radical (unpaired) electrons. The van der Waals surface area contributed by atoms with E-state index in [9.17, 15) is 9.59 Å². The molecular formula is C22H30ClNO4. The van der Waals surface area contributed by atoms with Crippen LogP contribution < -0.4 is 14.8 Å². The molecule has 0 saturated heterocycles. The molecule has 0 aliphatic rings. The zero-order chi connectivity index (χ0) is 20.0. The van der Waals surface area contributed by atoms with Gasteiger partial charge >= 0.3 is 11.9 Å². The first-order valence-corrected chi connectivity index (χ1v) is 9.52. The van der Waals surface area contributed by atoms with Crippen molar-refractivity contribution < 1.29 is 19.1 Å². The number of carbonyl (C=O) groups excluding carboxylic acids is 2. The van der Waals surface area contributed by atoms with Gasteiger partial charge in [-0.3, -0.25) is 9.59 Å². The predicted molar refractivity (Wildman–Crippen MR) is 114 cm³/mol. The van der Waals surface area contributed by atoms with Gasteiger partial charge in [0.05, 0.1) is 11.8 Å². The van der Waals surface area contributed by atoms with Gasteiger partial charge in [-0.05, 0) is 48.0 Å². The third kappa shape index (κ3) is 6.50. The van der Waals surface area contributed by atoms with Crippen LogP contribution in [0.4, 0.5) is 0 Å². The number of esters is 2. The number of rotatable bonds is 8. The molecule has 0 aromatic heterocycles. The van der Waals surface area contributed by atoms with Gasteiger partial charge in [0.25, 0.3) is 0 Å². The Bertz CT molecular complexity index is 818. The maximum atomic E-state index is 12.1. The van der Waals surface area contributed by atoms with Crippen molar-refractivity contribution in [3.63, 3.8) is 0 Å². The summed E-state index contributed by atoms with van der Waals surface area (Å²) in [6.07, 6.45) is 0.912. The molecule has 0 bridgehead atoms. The van der Waals surface area contributed by atoms with E-state index in [1.165, 1.54) is 5.56 Å². The molecular weight excluding hydrogens is 378 g/mol. The first-order chi connectivity index (χ1) is 12.8. The van der Waals surface area contributed by atoms with E-state index in [4.69, 9.17) is 9.47 Å². The van der Waals surface area contributed by atoms with Crippen molar-refractivity contribution in [2.75, 3.05) is 13.1 Å². The quantitative estimate of drug-likeness (QED) is 0.395. The number of benzene rings is 2. The molecule has 0 unspecified atom stereocenters. The number of ether oxygens (including phenoxy) is 2. The summed E-state index contributed by atoms with van der Waals surface area (Å²) in [4.78, 5) is 24.1. The minimum absolute atomic E-state index is 0. The molecule has 0 aliphatic carbocycles. The van der Waals surface area contributed by atoms with Gasteiger partial charge in [-0.2, -0.15) is 0 Å². The molecule has 2 rings (SSSR count). The monoisotopic (exact) mass is 407 g/mol. The lowest BCUT2D eigenvalue weighted by Gasteiger charge is -2.14. The van der Waals surface area contributed by atoms with Crippen molar-refractivity contribution in [1.82, 2.24) is 5.32 Å². The molecule has 0 aliphatic heterocycles. The summed E-state index contributed by atoms with van der Waals surface area (Å²) in [5.41, 5.74) is 1.19. The molecule has 6 heteroatoms. The van der Waals surface area contributed by atoms with E-state index >= 15 is 0 Å². The number of likely N-dealkylation sites (N-methyl/N-ethyl adjacent to an activating group) is 1. The molecule has 0 spiro atoms. The van der Waals surface area contributed by atoms with Crippen LogP contribution in [0.15, 0.2) is 30.3 Å². The van der Waals surface area contributed by atoms with Crippen molar-refractivity contribution in [2.45, 2.75) is 41.0 Å². The summed E-state index contributed by atoms with van der Waals surface area (Å²) in [6.45, 7) is 11.0. The average Bonchev–Trinajstić information content (AvgIpc) is 2.62. The van der Waals surface area contributed by atoms with E-state index in [2.05, 4.69) is 24.4 Å². The molecule has 0 saturated carbocycles. The van der Waals surface area contributed by atoms with Gasteiger partial charge in [0, 0.05) is 0 Å². The molecule has 154 valence electrons. The fourth-order valence-electron chi connectivity index (χ4n) is 2.48. The van der Waals surface area contributed by atoms with Crippen molar-refractivity contribution in [1.29, 1.82) is 0 Å². The summed E-state index contributed by atoms with van der Waals surface area (Å²) in [5.74, 6) is -0.726. The van der Waals surface area contributed by atoms with Crippen LogP contribution in [-0.2, 0) is 16.0 Å². The summed E-state index contributed by atoms with van der Waals surface area (Å²) in [5, 5.41) is 5.18. The van der Waals surface area contributed by atoms with Crippen molar-refractivity contribution in [2.24, 2.45) is 11.8 Å². The largest absolute Gasteiger partial charge is 0.422 e. The van der Waals surface area contributed by atoms with Gasteiger partial charge in [-0.15, -0.1) is 12.4 Å². The number of carbonyl (C=O) groups is 2. The van der Waals surface area contributed by atoms with E-state index in [0.29, 0.717) is 0 Å². The Morgan fingerprint density at radius 1 is 0.893 bits per heavy atom. The lowest BCUT2D eigenvalue weighted by atomic mass is 10.0. The summed E-state index contributed by atoms with van der Waals surface area (Å²) in [6, 6.07) is 9.67. The van der Waals surface area contributed by atoms with Crippen LogP contribution >= 0.6 is 12.4 Å². The zero-order valence-corrected chi connectivity index (χ0v) is 18.0. The molecule has 2 aromatic rings. The third-order valence-corrected chi connectivity index (χ3v) is 4.17. The Morgan fingerprint density at radius 3 is 1.93 bits per heavy atom. The number of hydrogen-bond acceptors (Lipinski definition) is 5. The predicted octanol–water partition coefficient (Wildman–Crippen LogP) is 4.54. The Balaban J connectivity index is 0.00000392. The van der Waals surface area contributed by atoms with Crippen LogP contribution in [0.1, 0.15) is 40.2 Å². The second kappa shape index (κ2) is 11.0. The van der Waals surface area contributed by atoms with E-state index in [1.807, 2.05) is 6.07 Å². The number of halogens is 1. The minimum Gasteiger partial charge on any atom is -0.422 e. The maximum Gasteiger partial charge on any atom is 0.313 e. The van der Waals surface area contributed by atoms with E-state index in [-0.39, 0.29) is 47.7 Å². The zero-order valence-electron chi connectivity index (χ0n) is 17.2. The molecule has 28 heavy (non-hydrogen) atoms. The average molecular weight is 408 g/mol. The van der Waals surface area contributed by atoms with Crippen LogP contribution in [0, 0.1) is 11.8 Å². The number of nitrogens with one attached hydrogen (secondary N) is 1. The standard InChI is InChI=1S/C22H29NO4.ClH/c1-6-23-10-9-16-7-8-17-12-19(26-21(24)14(2)3)20(13-18(17)11-16)27-22(25)15(4)5;/h7-8,11-15,23H,6,9-10H2,1-5H3;1H. The molecule has 0 atom stereocenters. The topological polar surface area (TPSA) is 64.6 Å². The minimum atomic E-state index is -0.363. The van der Waals surface area contributed by atoms with E-state index in [1.54, 1.807) is 39.8 Å². The highest BCUT2D eigenvalue weighted by Gasteiger charge is 2.18. The summed E-state index contributed by atoms with van der Waals surface area (Å²) in [7, 11) is 0. The summed E-state index contributed by atoms with van der Waals surface area (Å²) < 4.78 is 11.0. The molecule has 0 fully saturated rings. The Labute approximate surface area is 173 Å². The highest BCUT2D eigenvalue weighted by atomic mass is 35.5. The van der Waals surface area contributed by atoms with Gasteiger partial charge in [-0.1, -0.05) is 52.8 Å². The van der Waals surface area contributed by atoms with Gasteiger partial charge < -0.3 is 14.8 Å². The smallest absolute Gasteiger partial charge is 0.313 e. The summed E-state index contributed by atoms with van der Waals surface area (Å²) >= 11 is 0. The molecule has 0 heterocycles. The van der Waals surface area contributed by atoms with Crippen molar-refractivity contribution in [3.05, 3.63) is 35.9 Å². The van der Waals surface area contributed by atoms with Gasteiger partial charge in [0.1, 0.15) is 0 Å². The van der Waals surface area contributed by atoms with Crippen LogP contribution in [0.3, 0.4) is 0 Å². The highest BCUT2D eigenvalue weighted by Crippen LogP contribution is 2.34. The van der Waals surface area contributed by atoms with Crippen molar-refractivity contribution in [3.8, 4) is 11.5 Å². The first kappa shape index (κ1) is 23.9. The lowest BCUT2D eigenvalue weighted by molar-refractivity contribution is -0.140. The Kier molecular flexibility index (Phi) is 9.42. The molecule has 0 amide bonds. The van der Waals surface area contributed by atoms with Crippen LogP contribution in [0.2, 0.25) is 0 Å². The highest BCUT2D eigenvalue weighted by molar-refractivity contribution is 5.89. The van der Waals surface area contributed by atoms with Crippen LogP contribution in [0.25, 0.3) is 10.8 Å². The second-order valence-corrected chi connectivity index (χ2v) is 7.24. The van der Waals surface area contributed by atoms with E-state index in [0.717, 1.165) is 30.3 Å². The van der Waals surface area contributed by atoms with Gasteiger partial charge in [0.2, 0.25) is 0 Å². The Morgan fingerprint density at radius 2 is 1.43 bits per heavy atom. The fourth-order valence-corrected chi connectivity index (χ4v) is 2.48. The molecule has 1 N–H and O–H groups in total. The van der Waals surface area contributed by atoms with Gasteiger partial charge in [0.15, 0.2) is 11.5 Å². The van der Waals surface area contributed by atoms with Crippen LogP contribution in [-0.4, -0.2) is 25.0 Å². The normalized spacial score (nSPS) is 10.8. The lowest BCUT2D eigenvalue weighted by Crippen LogP contribution is -2.18. The number of fused-ring (bicyclic) bond motifs is 1. The second-order valence-electron chi connectivity index (χ2n) is 7.24. The van der Waals surface area contributed by atoms with Gasteiger partial charge in [-0.25, -0.2) is 0 Å². The molecule has 5 nitrogen and oxygen atoms in total. The van der Waals surface area contributed by atoms with Crippen LogP contribution in [0.5, 0.6) is 11.5 Å². The van der Waals surface area contributed by atoms with Crippen molar-refractivity contribution >= 4 is 35.1 Å². The molecule has 2 aromatic carbocycles. The SMILES string of the molecule is CCNCCc1ccc2cc(OC(=O)C(C)C)c(OC(=O)C(C)C)cc2c1.Cl. The first-order valence-electron chi connectivity index (χ1n) is 9.52. The maximum absolute atomic E-state index is 12.1.